The predicted octanol–water partition coefficient (Wildman–Crippen LogP) is 2.63. The zero-order chi connectivity index (χ0) is 18.2. The summed E-state index contributed by atoms with van der Waals surface area (Å²) >= 11 is 1.57. The number of thioether (sulfide) groups is 1. The van der Waals surface area contributed by atoms with Crippen molar-refractivity contribution in [3.8, 4) is 0 Å². The molecule has 0 saturated heterocycles. The van der Waals surface area contributed by atoms with Gasteiger partial charge in [-0.1, -0.05) is 13.0 Å². The summed E-state index contributed by atoms with van der Waals surface area (Å²) in [6, 6.07) is 6.61. The number of halogens is 2. The first kappa shape index (κ1) is 18.9. The zero-order valence-corrected chi connectivity index (χ0v) is 14.3. The lowest BCUT2D eigenvalue weighted by Gasteiger charge is -2.08. The average Bonchev–Trinajstić information content (AvgIpc) is 2.59. The molecule has 0 aliphatic rings. The van der Waals surface area contributed by atoms with E-state index in [1.165, 1.54) is 12.3 Å². The zero-order valence-electron chi connectivity index (χ0n) is 13.5. The molecule has 0 spiro atoms. The van der Waals surface area contributed by atoms with Gasteiger partial charge in [-0.15, -0.1) is 11.8 Å². The summed E-state index contributed by atoms with van der Waals surface area (Å²) in [7, 11) is 0. The minimum Gasteiger partial charge on any atom is -0.350 e. The second-order valence-corrected chi connectivity index (χ2v) is 6.21. The third-order valence-electron chi connectivity index (χ3n) is 3.18. The maximum Gasteiger partial charge on any atom is 0.257 e. The highest BCUT2D eigenvalue weighted by Crippen LogP contribution is 2.14. The average molecular weight is 365 g/mol. The fourth-order valence-corrected chi connectivity index (χ4v) is 2.59. The minimum atomic E-state index is -0.933. The van der Waals surface area contributed by atoms with Crippen molar-refractivity contribution >= 4 is 23.6 Å². The Morgan fingerprint density at radius 3 is 2.24 bits per heavy atom. The molecule has 0 bridgehead atoms. The molecule has 1 aromatic heterocycles. The molecular weight excluding hydrogens is 348 g/mol. The van der Waals surface area contributed by atoms with Crippen LogP contribution in [0.5, 0.6) is 0 Å². The van der Waals surface area contributed by atoms with E-state index in [0.717, 1.165) is 22.9 Å². The number of hydrogen-bond donors (Lipinski definition) is 2. The summed E-state index contributed by atoms with van der Waals surface area (Å²) in [5, 5.41) is 5.79. The van der Waals surface area contributed by atoms with Crippen molar-refractivity contribution in [2.75, 3.05) is 18.8 Å². The first-order valence-corrected chi connectivity index (χ1v) is 8.60. The number of carbonyl (C=O) groups is 2. The molecule has 2 N–H and O–H groups in total. The SMILES string of the molecule is CCSc1ccc(C(=O)NCCNC(=O)c2c(F)cccc2F)cn1. The van der Waals surface area contributed by atoms with Crippen LogP contribution in [0, 0.1) is 11.6 Å². The van der Waals surface area contributed by atoms with E-state index in [1.54, 1.807) is 23.9 Å². The Balaban J connectivity index is 1.80. The van der Waals surface area contributed by atoms with E-state index in [9.17, 15) is 18.4 Å². The van der Waals surface area contributed by atoms with Gasteiger partial charge in [-0.2, -0.15) is 0 Å². The molecule has 8 heteroatoms. The van der Waals surface area contributed by atoms with Gasteiger partial charge in [0, 0.05) is 19.3 Å². The van der Waals surface area contributed by atoms with Gasteiger partial charge in [0.15, 0.2) is 0 Å². The van der Waals surface area contributed by atoms with Gasteiger partial charge in [0.25, 0.3) is 11.8 Å². The normalized spacial score (nSPS) is 10.4. The fourth-order valence-electron chi connectivity index (χ4n) is 2.01. The van der Waals surface area contributed by atoms with Gasteiger partial charge in [-0.25, -0.2) is 13.8 Å². The van der Waals surface area contributed by atoms with Gasteiger partial charge in [0.1, 0.15) is 17.2 Å². The van der Waals surface area contributed by atoms with Crippen molar-refractivity contribution in [3.05, 3.63) is 59.3 Å². The van der Waals surface area contributed by atoms with Gasteiger partial charge >= 0.3 is 0 Å². The Morgan fingerprint density at radius 2 is 1.68 bits per heavy atom. The second-order valence-electron chi connectivity index (χ2n) is 4.93. The molecule has 0 radical (unpaired) electrons. The Bertz CT molecular complexity index is 734. The van der Waals surface area contributed by atoms with Crippen LogP contribution in [-0.4, -0.2) is 35.6 Å². The molecule has 2 aromatic rings. The van der Waals surface area contributed by atoms with E-state index >= 15 is 0 Å². The Kier molecular flexibility index (Phi) is 6.88. The maximum atomic E-state index is 13.5. The van der Waals surface area contributed by atoms with E-state index < -0.39 is 23.1 Å². The van der Waals surface area contributed by atoms with Crippen molar-refractivity contribution in [1.82, 2.24) is 15.6 Å². The number of nitrogens with one attached hydrogen (secondary N) is 2. The van der Waals surface area contributed by atoms with E-state index in [1.807, 2.05) is 6.92 Å². The van der Waals surface area contributed by atoms with E-state index in [0.29, 0.717) is 5.56 Å². The van der Waals surface area contributed by atoms with Crippen molar-refractivity contribution in [3.63, 3.8) is 0 Å². The number of benzene rings is 1. The molecule has 2 amide bonds. The number of hydrogen-bond acceptors (Lipinski definition) is 4. The second kappa shape index (κ2) is 9.12. The van der Waals surface area contributed by atoms with E-state index in [4.69, 9.17) is 0 Å². The minimum absolute atomic E-state index is 0.0372. The molecule has 0 aliphatic carbocycles. The standard InChI is InChI=1S/C17H17F2N3O2S/c1-2-25-14-7-6-11(10-22-14)16(23)20-8-9-21-17(24)15-12(18)4-3-5-13(15)19/h3-7,10H,2,8-9H2,1H3,(H,20,23)(H,21,24). The number of pyridine rings is 1. The number of aromatic nitrogens is 1. The molecule has 2 rings (SSSR count). The fraction of sp³-hybridized carbons (Fsp3) is 0.235. The molecule has 5 nitrogen and oxygen atoms in total. The Labute approximate surface area is 148 Å². The Morgan fingerprint density at radius 1 is 1.04 bits per heavy atom. The summed E-state index contributed by atoms with van der Waals surface area (Å²) in [6.07, 6.45) is 1.47. The monoisotopic (exact) mass is 365 g/mol. The third kappa shape index (κ3) is 5.25. The molecule has 25 heavy (non-hydrogen) atoms. The first-order valence-electron chi connectivity index (χ1n) is 7.62. The highest BCUT2D eigenvalue weighted by Gasteiger charge is 2.16. The summed E-state index contributed by atoms with van der Waals surface area (Å²) < 4.78 is 26.9. The van der Waals surface area contributed by atoms with Crippen LogP contribution in [0.1, 0.15) is 27.6 Å². The first-order chi connectivity index (χ1) is 12.0. The van der Waals surface area contributed by atoms with Gasteiger partial charge in [0.2, 0.25) is 0 Å². The van der Waals surface area contributed by atoms with Gasteiger partial charge in [0.05, 0.1) is 10.6 Å². The molecule has 132 valence electrons. The van der Waals surface area contributed by atoms with Crippen LogP contribution in [0.3, 0.4) is 0 Å². The van der Waals surface area contributed by atoms with Gasteiger partial charge in [-0.3, -0.25) is 9.59 Å². The molecule has 0 atom stereocenters. The van der Waals surface area contributed by atoms with Crippen LogP contribution in [0.4, 0.5) is 8.78 Å². The van der Waals surface area contributed by atoms with Crippen LogP contribution in [0.15, 0.2) is 41.6 Å². The van der Waals surface area contributed by atoms with Gasteiger partial charge < -0.3 is 10.6 Å². The highest BCUT2D eigenvalue weighted by atomic mass is 32.2. The molecule has 1 aromatic carbocycles. The largest absolute Gasteiger partial charge is 0.350 e. The van der Waals surface area contributed by atoms with E-state index in [2.05, 4.69) is 15.6 Å². The lowest BCUT2D eigenvalue weighted by Crippen LogP contribution is -2.35. The van der Waals surface area contributed by atoms with Crippen molar-refractivity contribution in [2.45, 2.75) is 11.9 Å². The quantitative estimate of drug-likeness (QED) is 0.585. The molecule has 0 unspecified atom stereocenters. The lowest BCUT2D eigenvalue weighted by molar-refractivity contribution is 0.0922. The number of nitrogens with zero attached hydrogens (tertiary/aromatic N) is 1. The molecule has 0 fully saturated rings. The third-order valence-corrected chi connectivity index (χ3v) is 4.00. The summed E-state index contributed by atoms with van der Waals surface area (Å²) in [5.74, 6) is -2.18. The molecule has 0 aliphatic heterocycles. The van der Waals surface area contributed by atoms with Crippen molar-refractivity contribution < 1.29 is 18.4 Å². The van der Waals surface area contributed by atoms with Crippen LogP contribution in [-0.2, 0) is 0 Å². The summed E-state index contributed by atoms with van der Waals surface area (Å²) in [6.45, 7) is 2.16. The molecule has 1 heterocycles. The van der Waals surface area contributed by atoms with E-state index in [-0.39, 0.29) is 19.0 Å². The number of amides is 2. The van der Waals surface area contributed by atoms with Crippen LogP contribution >= 0.6 is 11.8 Å². The van der Waals surface area contributed by atoms with Crippen LogP contribution < -0.4 is 10.6 Å². The molecular formula is C17H17F2N3O2S. The van der Waals surface area contributed by atoms with Crippen molar-refractivity contribution in [2.24, 2.45) is 0 Å². The number of rotatable bonds is 7. The van der Waals surface area contributed by atoms with Crippen molar-refractivity contribution in [1.29, 1.82) is 0 Å². The van der Waals surface area contributed by atoms with Crippen LogP contribution in [0.25, 0.3) is 0 Å². The lowest BCUT2D eigenvalue weighted by atomic mass is 10.2. The maximum absolute atomic E-state index is 13.5. The van der Waals surface area contributed by atoms with Gasteiger partial charge in [-0.05, 0) is 30.0 Å². The number of carbonyl (C=O) groups excluding carboxylic acids is 2. The predicted molar refractivity (Wildman–Crippen MR) is 91.7 cm³/mol. The smallest absolute Gasteiger partial charge is 0.257 e. The summed E-state index contributed by atoms with van der Waals surface area (Å²) in [5.41, 5.74) is -0.242. The highest BCUT2D eigenvalue weighted by molar-refractivity contribution is 7.99. The summed E-state index contributed by atoms with van der Waals surface area (Å²) in [4.78, 5) is 27.9. The molecule has 0 saturated carbocycles. The topological polar surface area (TPSA) is 71.1 Å². The Hall–Kier alpha value is -2.48. The van der Waals surface area contributed by atoms with Crippen LogP contribution in [0.2, 0.25) is 0 Å².